The minimum absolute atomic E-state index is 0.0634. The lowest BCUT2D eigenvalue weighted by Crippen LogP contribution is -2.49. The average molecular weight is 286 g/mol. The van der Waals surface area contributed by atoms with Crippen LogP contribution >= 0.6 is 0 Å². The second-order valence-electron chi connectivity index (χ2n) is 5.70. The Morgan fingerprint density at radius 1 is 1.25 bits per heavy atom. The molecule has 0 spiro atoms. The molecule has 1 aliphatic carbocycles. The third-order valence-corrected chi connectivity index (χ3v) is 3.85. The van der Waals surface area contributed by atoms with Crippen molar-refractivity contribution in [3.05, 3.63) is 0 Å². The molecule has 1 rings (SSSR count). The molecule has 6 heteroatoms. The summed E-state index contributed by atoms with van der Waals surface area (Å²) in [7, 11) is 0. The number of rotatable bonds is 6. The zero-order valence-electron chi connectivity index (χ0n) is 12.3. The number of nitrogens with one attached hydrogen (secondary N) is 1. The van der Waals surface area contributed by atoms with Crippen molar-refractivity contribution in [2.75, 3.05) is 13.2 Å². The number of carbonyl (C=O) groups is 2. The van der Waals surface area contributed by atoms with E-state index in [0.717, 1.165) is 0 Å². The zero-order chi connectivity index (χ0) is 15.1. The number of nitrogens with zero attached hydrogens (tertiary/aromatic N) is 1. The molecule has 0 aromatic carbocycles. The first-order valence-electron chi connectivity index (χ1n) is 7.36. The van der Waals surface area contributed by atoms with Crippen LogP contribution in [0.1, 0.15) is 46.0 Å². The number of urea groups is 1. The summed E-state index contributed by atoms with van der Waals surface area (Å²) in [4.78, 5) is 24.8. The first-order valence-corrected chi connectivity index (χ1v) is 7.36. The maximum Gasteiger partial charge on any atom is 0.317 e. The van der Waals surface area contributed by atoms with Gasteiger partial charge in [0, 0.05) is 25.2 Å². The molecule has 6 nitrogen and oxygen atoms in total. The molecule has 0 aromatic heterocycles. The van der Waals surface area contributed by atoms with Gasteiger partial charge in [0.2, 0.25) is 0 Å². The Kier molecular flexibility index (Phi) is 6.78. The Morgan fingerprint density at radius 2 is 1.85 bits per heavy atom. The maximum absolute atomic E-state index is 12.2. The van der Waals surface area contributed by atoms with E-state index in [1.165, 1.54) is 0 Å². The predicted octanol–water partition coefficient (Wildman–Crippen LogP) is 1.43. The van der Waals surface area contributed by atoms with Gasteiger partial charge >= 0.3 is 12.0 Å². The highest BCUT2D eigenvalue weighted by molar-refractivity contribution is 5.75. The fourth-order valence-electron chi connectivity index (χ4n) is 2.58. The fourth-order valence-corrected chi connectivity index (χ4v) is 2.58. The van der Waals surface area contributed by atoms with Crippen LogP contribution < -0.4 is 5.32 Å². The van der Waals surface area contributed by atoms with Crippen molar-refractivity contribution >= 4 is 12.0 Å². The van der Waals surface area contributed by atoms with Crippen LogP contribution in [-0.2, 0) is 4.79 Å². The van der Waals surface area contributed by atoms with Crippen LogP contribution in [0.2, 0.25) is 0 Å². The van der Waals surface area contributed by atoms with E-state index in [1.54, 1.807) is 4.90 Å². The largest absolute Gasteiger partial charge is 0.481 e. The van der Waals surface area contributed by atoms with Crippen molar-refractivity contribution in [1.82, 2.24) is 10.2 Å². The molecule has 20 heavy (non-hydrogen) atoms. The van der Waals surface area contributed by atoms with Gasteiger partial charge in [-0.2, -0.15) is 0 Å². The molecule has 0 bridgehead atoms. The third-order valence-electron chi connectivity index (χ3n) is 3.85. The maximum atomic E-state index is 12.2. The van der Waals surface area contributed by atoms with Crippen LogP contribution in [0.3, 0.4) is 0 Å². The number of hydrogen-bond acceptors (Lipinski definition) is 3. The number of aliphatic hydroxyl groups is 1. The molecule has 0 saturated heterocycles. The molecule has 0 radical (unpaired) electrons. The Bertz CT molecular complexity index is 325. The number of carboxylic acids is 1. The van der Waals surface area contributed by atoms with Gasteiger partial charge in [0.05, 0.1) is 5.92 Å². The number of aliphatic carboxylic acids is 1. The van der Waals surface area contributed by atoms with Crippen LogP contribution in [-0.4, -0.2) is 52.3 Å². The smallest absolute Gasteiger partial charge is 0.317 e. The summed E-state index contributed by atoms with van der Waals surface area (Å²) in [6.45, 7) is 4.49. The van der Waals surface area contributed by atoms with Crippen molar-refractivity contribution in [2.45, 2.75) is 58.0 Å². The lowest BCUT2D eigenvalue weighted by molar-refractivity contribution is -0.142. The lowest BCUT2D eigenvalue weighted by atomic mass is 9.86. The topological polar surface area (TPSA) is 89.9 Å². The van der Waals surface area contributed by atoms with Gasteiger partial charge in [-0.25, -0.2) is 4.79 Å². The minimum atomic E-state index is -0.735. The predicted molar refractivity (Wildman–Crippen MR) is 75.5 cm³/mol. The van der Waals surface area contributed by atoms with E-state index in [-0.39, 0.29) is 30.6 Å². The molecule has 116 valence electrons. The Hall–Kier alpha value is -1.30. The zero-order valence-corrected chi connectivity index (χ0v) is 12.3. The van der Waals surface area contributed by atoms with E-state index in [9.17, 15) is 9.59 Å². The standard InChI is InChI=1S/C14H26N2O4/c1-10(2)16(8-3-9-17)14(20)15-12-6-4-11(5-7-12)13(18)19/h10-12,17H,3-9H2,1-2H3,(H,15,20)(H,18,19). The summed E-state index contributed by atoms with van der Waals surface area (Å²) in [6, 6.07) is 0.0256. The third kappa shape index (κ3) is 5.00. The van der Waals surface area contributed by atoms with Crippen LogP contribution in [0.25, 0.3) is 0 Å². The number of amides is 2. The fraction of sp³-hybridized carbons (Fsp3) is 0.857. The summed E-state index contributed by atoms with van der Waals surface area (Å²) >= 11 is 0. The number of aliphatic hydroxyl groups excluding tert-OH is 1. The molecular weight excluding hydrogens is 260 g/mol. The minimum Gasteiger partial charge on any atom is -0.481 e. The molecule has 0 unspecified atom stereocenters. The summed E-state index contributed by atoms with van der Waals surface area (Å²) in [5.74, 6) is -1.000. The lowest BCUT2D eigenvalue weighted by Gasteiger charge is -2.32. The average Bonchev–Trinajstić information content (AvgIpc) is 2.39. The van der Waals surface area contributed by atoms with E-state index in [2.05, 4.69) is 5.32 Å². The molecule has 0 atom stereocenters. The van der Waals surface area contributed by atoms with Gasteiger partial charge < -0.3 is 20.4 Å². The van der Waals surface area contributed by atoms with Gasteiger partial charge in [0.1, 0.15) is 0 Å². The highest BCUT2D eigenvalue weighted by Gasteiger charge is 2.28. The van der Waals surface area contributed by atoms with Crippen molar-refractivity contribution in [1.29, 1.82) is 0 Å². The van der Waals surface area contributed by atoms with Gasteiger partial charge in [-0.05, 0) is 46.0 Å². The monoisotopic (exact) mass is 286 g/mol. The van der Waals surface area contributed by atoms with E-state index in [0.29, 0.717) is 38.6 Å². The molecule has 2 amide bonds. The Balaban J connectivity index is 2.43. The van der Waals surface area contributed by atoms with Crippen molar-refractivity contribution in [3.8, 4) is 0 Å². The normalized spacial score (nSPS) is 22.6. The van der Waals surface area contributed by atoms with Gasteiger partial charge in [-0.3, -0.25) is 4.79 Å². The van der Waals surface area contributed by atoms with Gasteiger partial charge in [0.25, 0.3) is 0 Å². The van der Waals surface area contributed by atoms with E-state index in [4.69, 9.17) is 10.2 Å². The highest BCUT2D eigenvalue weighted by Crippen LogP contribution is 2.24. The van der Waals surface area contributed by atoms with Crippen LogP contribution in [0.5, 0.6) is 0 Å². The highest BCUT2D eigenvalue weighted by atomic mass is 16.4. The van der Waals surface area contributed by atoms with Crippen molar-refractivity contribution in [3.63, 3.8) is 0 Å². The van der Waals surface area contributed by atoms with Crippen molar-refractivity contribution in [2.24, 2.45) is 5.92 Å². The molecule has 1 saturated carbocycles. The number of carbonyl (C=O) groups excluding carboxylic acids is 1. The van der Waals surface area contributed by atoms with Crippen LogP contribution in [0.4, 0.5) is 4.79 Å². The van der Waals surface area contributed by atoms with Gasteiger partial charge in [-0.1, -0.05) is 0 Å². The quantitative estimate of drug-likeness (QED) is 0.689. The first-order chi connectivity index (χ1) is 9.45. The first kappa shape index (κ1) is 16.8. The second-order valence-corrected chi connectivity index (χ2v) is 5.70. The van der Waals surface area contributed by atoms with E-state index in [1.807, 2.05) is 13.8 Å². The summed E-state index contributed by atoms with van der Waals surface area (Å²) in [6.07, 6.45) is 3.25. The Labute approximate surface area is 120 Å². The molecule has 0 aromatic rings. The van der Waals surface area contributed by atoms with E-state index < -0.39 is 5.97 Å². The summed E-state index contributed by atoms with van der Waals surface area (Å²) in [5.41, 5.74) is 0. The van der Waals surface area contributed by atoms with Gasteiger partial charge in [0.15, 0.2) is 0 Å². The van der Waals surface area contributed by atoms with Gasteiger partial charge in [-0.15, -0.1) is 0 Å². The number of hydrogen-bond donors (Lipinski definition) is 3. The molecule has 3 N–H and O–H groups in total. The summed E-state index contributed by atoms with van der Waals surface area (Å²) in [5, 5.41) is 20.8. The van der Waals surface area contributed by atoms with Crippen LogP contribution in [0, 0.1) is 5.92 Å². The van der Waals surface area contributed by atoms with Crippen molar-refractivity contribution < 1.29 is 19.8 Å². The molecular formula is C14H26N2O4. The molecule has 0 heterocycles. The van der Waals surface area contributed by atoms with E-state index >= 15 is 0 Å². The second kappa shape index (κ2) is 8.09. The number of carboxylic acid groups (broad SMARTS) is 1. The summed E-state index contributed by atoms with van der Waals surface area (Å²) < 4.78 is 0. The molecule has 0 aliphatic heterocycles. The molecule has 1 fully saturated rings. The van der Waals surface area contributed by atoms with Crippen LogP contribution in [0.15, 0.2) is 0 Å². The SMILES string of the molecule is CC(C)N(CCCO)C(=O)NC1CCC(C(=O)O)CC1. The molecule has 1 aliphatic rings. The Morgan fingerprint density at radius 3 is 2.30 bits per heavy atom.